The number of hydrogen-bond acceptors (Lipinski definition) is 3. The van der Waals surface area contributed by atoms with Crippen LogP contribution < -0.4 is 10.6 Å². The quantitative estimate of drug-likeness (QED) is 0.556. The second-order valence-corrected chi connectivity index (χ2v) is 5.89. The number of amidine groups is 1. The molecule has 0 amide bonds. The molecule has 1 aromatic rings. The summed E-state index contributed by atoms with van der Waals surface area (Å²) in [5, 5.41) is 17.5. The number of benzene rings is 1. The molecule has 3 unspecified atom stereocenters. The molecule has 3 atom stereocenters. The Morgan fingerprint density at radius 1 is 1.37 bits per heavy atom. The van der Waals surface area contributed by atoms with Gasteiger partial charge in [0.15, 0.2) is 0 Å². The Bertz CT molecular complexity index is 514. The fourth-order valence-corrected chi connectivity index (χ4v) is 3.59. The molecule has 19 heavy (non-hydrogen) atoms. The minimum absolute atomic E-state index is 0.118. The van der Waals surface area contributed by atoms with Gasteiger partial charge in [0, 0.05) is 30.3 Å². The number of fused-ring (bicyclic) bond motifs is 1. The van der Waals surface area contributed by atoms with Crippen LogP contribution in [0.4, 0.5) is 5.69 Å². The van der Waals surface area contributed by atoms with Crippen LogP contribution >= 0.6 is 0 Å². The summed E-state index contributed by atoms with van der Waals surface area (Å²) in [6.45, 7) is 3.98. The standard InChI is InChI=1S/C15H21N3O/c1-9-6-11(3-4-12(9)15(16)17)18-7-10-2-5-14(19)13(10)8-18/h3-4,6,10,13-14,19H,2,5,7-8H2,1H3,(H3,16,17). The first-order valence-corrected chi connectivity index (χ1v) is 6.94. The molecule has 2 aliphatic rings. The first-order valence-electron chi connectivity index (χ1n) is 6.94. The largest absolute Gasteiger partial charge is 0.393 e. The van der Waals surface area contributed by atoms with Crippen molar-refractivity contribution in [1.82, 2.24) is 0 Å². The Balaban J connectivity index is 1.81. The molecule has 4 heteroatoms. The SMILES string of the molecule is Cc1cc(N2CC3CCC(O)C3C2)ccc1C(=N)N. The Morgan fingerprint density at radius 2 is 2.16 bits per heavy atom. The van der Waals surface area contributed by atoms with E-state index in [1.807, 2.05) is 19.1 Å². The third kappa shape index (κ3) is 2.10. The van der Waals surface area contributed by atoms with E-state index in [0.717, 1.165) is 37.1 Å². The zero-order chi connectivity index (χ0) is 13.6. The lowest BCUT2D eigenvalue weighted by molar-refractivity contribution is 0.133. The maximum atomic E-state index is 9.96. The molecule has 0 bridgehead atoms. The van der Waals surface area contributed by atoms with Crippen LogP contribution in [0.15, 0.2) is 18.2 Å². The van der Waals surface area contributed by atoms with Crippen molar-refractivity contribution in [2.75, 3.05) is 18.0 Å². The van der Waals surface area contributed by atoms with Gasteiger partial charge in [-0.05, 0) is 49.4 Å². The molecule has 0 radical (unpaired) electrons. The van der Waals surface area contributed by atoms with Gasteiger partial charge in [-0.15, -0.1) is 0 Å². The van der Waals surface area contributed by atoms with Gasteiger partial charge in [-0.25, -0.2) is 0 Å². The number of hydrogen-bond donors (Lipinski definition) is 3. The minimum atomic E-state index is -0.118. The van der Waals surface area contributed by atoms with Crippen LogP contribution in [-0.4, -0.2) is 30.1 Å². The highest BCUT2D eigenvalue weighted by Crippen LogP contribution is 2.40. The fraction of sp³-hybridized carbons (Fsp3) is 0.533. The Hall–Kier alpha value is -1.55. The van der Waals surface area contributed by atoms with E-state index in [1.54, 1.807) is 0 Å². The number of nitrogens with one attached hydrogen (secondary N) is 1. The van der Waals surface area contributed by atoms with Gasteiger partial charge >= 0.3 is 0 Å². The molecule has 4 N–H and O–H groups in total. The normalized spacial score (nSPS) is 29.6. The molecule has 0 spiro atoms. The average Bonchev–Trinajstić information content (AvgIpc) is 2.91. The topological polar surface area (TPSA) is 73.3 Å². The van der Waals surface area contributed by atoms with E-state index in [2.05, 4.69) is 11.0 Å². The summed E-state index contributed by atoms with van der Waals surface area (Å²) >= 11 is 0. The average molecular weight is 259 g/mol. The highest BCUT2D eigenvalue weighted by molar-refractivity contribution is 5.96. The van der Waals surface area contributed by atoms with Crippen molar-refractivity contribution in [3.8, 4) is 0 Å². The van der Waals surface area contributed by atoms with Crippen LogP contribution in [-0.2, 0) is 0 Å². The second-order valence-electron chi connectivity index (χ2n) is 5.89. The van der Waals surface area contributed by atoms with Crippen LogP contribution in [0.2, 0.25) is 0 Å². The fourth-order valence-electron chi connectivity index (χ4n) is 3.59. The molecule has 1 saturated carbocycles. The lowest BCUT2D eigenvalue weighted by Crippen LogP contribution is -2.24. The molecule has 0 aromatic heterocycles. The molecule has 2 fully saturated rings. The van der Waals surface area contributed by atoms with Crippen LogP contribution in [0, 0.1) is 24.2 Å². The number of nitrogen functional groups attached to an aromatic ring is 1. The Morgan fingerprint density at radius 3 is 2.79 bits per heavy atom. The van der Waals surface area contributed by atoms with Gasteiger partial charge in [0.25, 0.3) is 0 Å². The number of aliphatic hydroxyl groups excluding tert-OH is 1. The van der Waals surface area contributed by atoms with Gasteiger partial charge in [-0.3, -0.25) is 5.41 Å². The predicted octanol–water partition coefficient (Wildman–Crippen LogP) is 1.49. The predicted molar refractivity (Wildman–Crippen MR) is 76.6 cm³/mol. The van der Waals surface area contributed by atoms with Crippen LogP contribution in [0.3, 0.4) is 0 Å². The van der Waals surface area contributed by atoms with Gasteiger partial charge in [-0.2, -0.15) is 0 Å². The van der Waals surface area contributed by atoms with Gasteiger partial charge < -0.3 is 15.7 Å². The zero-order valence-electron chi connectivity index (χ0n) is 11.3. The monoisotopic (exact) mass is 259 g/mol. The minimum Gasteiger partial charge on any atom is -0.393 e. The summed E-state index contributed by atoms with van der Waals surface area (Å²) < 4.78 is 0. The molecule has 102 valence electrons. The Labute approximate surface area is 113 Å². The van der Waals surface area contributed by atoms with Crippen LogP contribution in [0.25, 0.3) is 0 Å². The van der Waals surface area contributed by atoms with Crippen LogP contribution in [0.1, 0.15) is 24.0 Å². The maximum Gasteiger partial charge on any atom is 0.123 e. The lowest BCUT2D eigenvalue weighted by atomic mass is 10.00. The lowest BCUT2D eigenvalue weighted by Gasteiger charge is -2.21. The smallest absolute Gasteiger partial charge is 0.123 e. The van der Waals surface area contributed by atoms with Crippen molar-refractivity contribution >= 4 is 11.5 Å². The highest BCUT2D eigenvalue weighted by Gasteiger charge is 2.41. The molecule has 1 saturated heterocycles. The summed E-state index contributed by atoms with van der Waals surface area (Å²) in [6, 6.07) is 6.07. The number of rotatable bonds is 2. The molecule has 3 rings (SSSR count). The number of aliphatic hydroxyl groups is 1. The molecular weight excluding hydrogens is 238 g/mol. The molecule has 4 nitrogen and oxygen atoms in total. The van der Waals surface area contributed by atoms with Gasteiger partial charge in [-0.1, -0.05) is 0 Å². The van der Waals surface area contributed by atoms with E-state index >= 15 is 0 Å². The maximum absolute atomic E-state index is 9.96. The Kier molecular flexibility index (Phi) is 2.97. The van der Waals surface area contributed by atoms with Gasteiger partial charge in [0.1, 0.15) is 5.84 Å². The zero-order valence-corrected chi connectivity index (χ0v) is 11.3. The first-order chi connectivity index (χ1) is 9.06. The summed E-state index contributed by atoms with van der Waals surface area (Å²) in [6.07, 6.45) is 1.99. The highest BCUT2D eigenvalue weighted by atomic mass is 16.3. The van der Waals surface area contributed by atoms with E-state index in [4.69, 9.17) is 11.1 Å². The van der Waals surface area contributed by atoms with Crippen molar-refractivity contribution in [3.63, 3.8) is 0 Å². The van der Waals surface area contributed by atoms with Gasteiger partial charge in [0.05, 0.1) is 6.10 Å². The third-order valence-corrected chi connectivity index (χ3v) is 4.68. The number of nitrogens with two attached hydrogens (primary N) is 1. The summed E-state index contributed by atoms with van der Waals surface area (Å²) in [5.74, 6) is 1.20. The molecule has 1 aromatic carbocycles. The summed E-state index contributed by atoms with van der Waals surface area (Å²) in [5.41, 5.74) is 8.58. The third-order valence-electron chi connectivity index (χ3n) is 4.68. The van der Waals surface area contributed by atoms with Crippen molar-refractivity contribution in [1.29, 1.82) is 5.41 Å². The van der Waals surface area contributed by atoms with Crippen molar-refractivity contribution in [2.45, 2.75) is 25.9 Å². The number of nitrogens with zero attached hydrogens (tertiary/aromatic N) is 1. The molecular formula is C15H21N3O. The van der Waals surface area contributed by atoms with Crippen molar-refractivity contribution in [2.24, 2.45) is 17.6 Å². The molecule has 1 aliphatic heterocycles. The first kappa shape index (κ1) is 12.5. The molecule has 1 heterocycles. The van der Waals surface area contributed by atoms with Crippen molar-refractivity contribution in [3.05, 3.63) is 29.3 Å². The number of anilines is 1. The van der Waals surface area contributed by atoms with E-state index in [0.29, 0.717) is 11.8 Å². The van der Waals surface area contributed by atoms with E-state index < -0.39 is 0 Å². The van der Waals surface area contributed by atoms with Crippen LogP contribution in [0.5, 0.6) is 0 Å². The summed E-state index contributed by atoms with van der Waals surface area (Å²) in [7, 11) is 0. The van der Waals surface area contributed by atoms with Gasteiger partial charge in [0.2, 0.25) is 0 Å². The summed E-state index contributed by atoms with van der Waals surface area (Å²) in [4.78, 5) is 2.36. The molecule has 1 aliphatic carbocycles. The number of aryl methyl sites for hydroxylation is 1. The van der Waals surface area contributed by atoms with E-state index in [-0.39, 0.29) is 11.9 Å². The van der Waals surface area contributed by atoms with E-state index in [9.17, 15) is 5.11 Å². The van der Waals surface area contributed by atoms with Crippen molar-refractivity contribution < 1.29 is 5.11 Å². The second kappa shape index (κ2) is 4.53. The van der Waals surface area contributed by atoms with E-state index in [1.165, 1.54) is 5.69 Å².